The summed E-state index contributed by atoms with van der Waals surface area (Å²) in [5.74, 6) is -3.87. The minimum absolute atomic E-state index is 0.0521. The highest BCUT2D eigenvalue weighted by Crippen LogP contribution is 2.28. The number of sulfonamides is 1. The molecule has 0 aliphatic heterocycles. The van der Waals surface area contributed by atoms with Gasteiger partial charge >= 0.3 is 18.1 Å². The molecule has 0 aliphatic rings. The highest BCUT2D eigenvalue weighted by Gasteiger charge is 2.38. The number of hydrogen-bond acceptors (Lipinski definition) is 5. The first-order chi connectivity index (χ1) is 15.7. The maximum Gasteiger partial charge on any atom is 0.490 e. The first-order valence-corrected chi connectivity index (χ1v) is 11.8. The van der Waals surface area contributed by atoms with Gasteiger partial charge in [-0.05, 0) is 43.2 Å². The Morgan fingerprint density at radius 1 is 1.03 bits per heavy atom. The Kier molecular flexibility index (Phi) is 10.6. The molecule has 2 rings (SSSR count). The number of anilines is 2. The summed E-state index contributed by atoms with van der Waals surface area (Å²) in [4.78, 5) is 22.6. The highest BCUT2D eigenvalue weighted by molar-refractivity contribution is 7.92. The Morgan fingerprint density at radius 3 is 2.00 bits per heavy atom. The molecule has 8 nitrogen and oxygen atoms in total. The largest absolute Gasteiger partial charge is 0.490 e. The van der Waals surface area contributed by atoms with E-state index in [-0.39, 0.29) is 21.2 Å². The molecule has 0 atom stereocenters. The second-order valence-electron chi connectivity index (χ2n) is 6.86. The molecule has 2 aromatic carbocycles. The van der Waals surface area contributed by atoms with Gasteiger partial charge in [-0.3, -0.25) is 4.72 Å². The number of carbonyl (C=O) groups is 2. The van der Waals surface area contributed by atoms with Crippen LogP contribution in [0.15, 0.2) is 47.4 Å². The molecule has 13 heteroatoms. The van der Waals surface area contributed by atoms with Gasteiger partial charge in [0.1, 0.15) is 4.90 Å². The van der Waals surface area contributed by atoms with Crippen molar-refractivity contribution in [1.82, 2.24) is 0 Å². The standard InChI is InChI=1S/C19H23ClN2O4S.C2HF3O2/c1-3-11-22(12-4-2)17-10-9-14(13-15(17)19(23)24)21-27(25,26)18-8-6-5-7-16(18)20;3-2(4,5)1(6)7/h5-10,13,21H,3-4,11-12H2,1-2H3,(H,23,24);(H,6,7). The maximum absolute atomic E-state index is 12.6. The Balaban J connectivity index is 0.000000718. The minimum atomic E-state index is -5.08. The van der Waals surface area contributed by atoms with Crippen LogP contribution < -0.4 is 9.62 Å². The van der Waals surface area contributed by atoms with E-state index in [1.165, 1.54) is 18.2 Å². The number of nitrogens with one attached hydrogen (secondary N) is 1. The third kappa shape index (κ3) is 8.41. The van der Waals surface area contributed by atoms with Crippen molar-refractivity contribution in [3.8, 4) is 0 Å². The number of hydrogen-bond donors (Lipinski definition) is 3. The summed E-state index contributed by atoms with van der Waals surface area (Å²) in [6.45, 7) is 5.49. The van der Waals surface area contributed by atoms with Gasteiger partial charge in [0, 0.05) is 18.8 Å². The summed E-state index contributed by atoms with van der Waals surface area (Å²) in [5.41, 5.74) is 0.798. The Hall–Kier alpha value is -2.99. The molecule has 34 heavy (non-hydrogen) atoms. The van der Waals surface area contributed by atoms with Crippen molar-refractivity contribution < 1.29 is 41.4 Å². The molecule has 3 N–H and O–H groups in total. The second-order valence-corrected chi connectivity index (χ2v) is 8.92. The van der Waals surface area contributed by atoms with Crippen LogP contribution in [0.1, 0.15) is 37.0 Å². The van der Waals surface area contributed by atoms with E-state index in [0.717, 1.165) is 25.9 Å². The van der Waals surface area contributed by atoms with Gasteiger partial charge in [-0.2, -0.15) is 13.2 Å². The summed E-state index contributed by atoms with van der Waals surface area (Å²) >= 11 is 5.97. The third-order valence-corrected chi connectivity index (χ3v) is 6.06. The lowest BCUT2D eigenvalue weighted by Crippen LogP contribution is -2.27. The quantitative estimate of drug-likeness (QED) is 0.417. The van der Waals surface area contributed by atoms with E-state index in [9.17, 15) is 31.5 Å². The van der Waals surface area contributed by atoms with Crippen LogP contribution in [-0.2, 0) is 14.8 Å². The van der Waals surface area contributed by atoms with Crippen molar-refractivity contribution in [2.75, 3.05) is 22.7 Å². The summed E-state index contributed by atoms with van der Waals surface area (Å²) in [6.07, 6.45) is -3.33. The highest BCUT2D eigenvalue weighted by atomic mass is 35.5. The van der Waals surface area contributed by atoms with E-state index in [1.54, 1.807) is 24.3 Å². The smallest absolute Gasteiger partial charge is 0.478 e. The first-order valence-electron chi connectivity index (χ1n) is 9.94. The Bertz CT molecular complexity index is 1100. The van der Waals surface area contributed by atoms with Crippen LogP contribution in [-0.4, -0.2) is 49.8 Å². The number of alkyl halides is 3. The molecule has 0 heterocycles. The van der Waals surface area contributed by atoms with Crippen molar-refractivity contribution in [3.63, 3.8) is 0 Å². The topological polar surface area (TPSA) is 124 Å². The van der Waals surface area contributed by atoms with E-state index in [1.807, 2.05) is 18.7 Å². The lowest BCUT2D eigenvalue weighted by molar-refractivity contribution is -0.192. The van der Waals surface area contributed by atoms with E-state index in [2.05, 4.69) is 4.72 Å². The summed E-state index contributed by atoms with van der Waals surface area (Å²) < 4.78 is 59.3. The lowest BCUT2D eigenvalue weighted by Gasteiger charge is -2.25. The van der Waals surface area contributed by atoms with Crippen LogP contribution in [0.4, 0.5) is 24.5 Å². The van der Waals surface area contributed by atoms with E-state index < -0.39 is 28.1 Å². The summed E-state index contributed by atoms with van der Waals surface area (Å²) in [6, 6.07) is 10.6. The van der Waals surface area contributed by atoms with Gasteiger partial charge in [-0.25, -0.2) is 18.0 Å². The van der Waals surface area contributed by atoms with Crippen molar-refractivity contribution >= 4 is 44.9 Å². The lowest BCUT2D eigenvalue weighted by atomic mass is 10.1. The van der Waals surface area contributed by atoms with Gasteiger partial charge in [0.05, 0.1) is 16.3 Å². The molecule has 0 aliphatic carbocycles. The number of carboxylic acid groups (broad SMARTS) is 2. The van der Waals surface area contributed by atoms with Crippen molar-refractivity contribution in [2.45, 2.75) is 37.8 Å². The van der Waals surface area contributed by atoms with Crippen LogP contribution in [0.3, 0.4) is 0 Å². The molecule has 0 fully saturated rings. The number of rotatable bonds is 9. The fourth-order valence-electron chi connectivity index (χ4n) is 2.81. The van der Waals surface area contributed by atoms with Gasteiger partial charge in [-0.15, -0.1) is 0 Å². The average Bonchev–Trinajstić information content (AvgIpc) is 2.73. The number of carboxylic acids is 2. The maximum atomic E-state index is 12.6. The van der Waals surface area contributed by atoms with Gasteiger partial charge in [0.2, 0.25) is 0 Å². The fraction of sp³-hybridized carbons (Fsp3) is 0.333. The molecule has 0 saturated heterocycles. The molecule has 188 valence electrons. The second kappa shape index (κ2) is 12.5. The van der Waals surface area contributed by atoms with Gasteiger partial charge < -0.3 is 15.1 Å². The zero-order valence-corrected chi connectivity index (χ0v) is 19.8. The first kappa shape index (κ1) is 29.0. The molecule has 0 aromatic heterocycles. The molecule has 0 amide bonds. The fourth-order valence-corrected chi connectivity index (χ4v) is 4.38. The molecular weight excluding hydrogens is 501 g/mol. The zero-order valence-electron chi connectivity index (χ0n) is 18.3. The predicted molar refractivity (Wildman–Crippen MR) is 122 cm³/mol. The number of benzene rings is 2. The molecule has 2 aromatic rings. The van der Waals surface area contributed by atoms with Crippen LogP contribution in [0.5, 0.6) is 0 Å². The third-order valence-electron chi connectivity index (χ3n) is 4.18. The van der Waals surface area contributed by atoms with Gasteiger partial charge in [0.25, 0.3) is 10.0 Å². The average molecular weight is 525 g/mol. The van der Waals surface area contributed by atoms with Crippen LogP contribution in [0.25, 0.3) is 0 Å². The molecule has 0 bridgehead atoms. The van der Waals surface area contributed by atoms with Crippen LogP contribution in [0.2, 0.25) is 5.02 Å². The van der Waals surface area contributed by atoms with Gasteiger partial charge in [-0.1, -0.05) is 37.6 Å². The van der Waals surface area contributed by atoms with Crippen molar-refractivity contribution in [2.24, 2.45) is 0 Å². The number of aromatic carboxylic acids is 1. The molecule has 0 radical (unpaired) electrons. The minimum Gasteiger partial charge on any atom is -0.478 e. The number of aliphatic carboxylic acids is 1. The van der Waals surface area contributed by atoms with Crippen molar-refractivity contribution in [1.29, 1.82) is 0 Å². The van der Waals surface area contributed by atoms with Crippen LogP contribution in [0, 0.1) is 0 Å². The van der Waals surface area contributed by atoms with Crippen LogP contribution >= 0.6 is 11.6 Å². The van der Waals surface area contributed by atoms with Gasteiger partial charge in [0.15, 0.2) is 0 Å². The summed E-state index contributed by atoms with van der Waals surface area (Å²) in [5, 5.41) is 16.8. The molecule has 0 spiro atoms. The molecule has 0 saturated carbocycles. The molecular formula is C21H24ClF3N2O6S. The summed E-state index contributed by atoms with van der Waals surface area (Å²) in [7, 11) is -3.93. The monoisotopic (exact) mass is 524 g/mol. The zero-order chi connectivity index (χ0) is 26.1. The van der Waals surface area contributed by atoms with Crippen molar-refractivity contribution in [3.05, 3.63) is 53.1 Å². The Morgan fingerprint density at radius 2 is 1.56 bits per heavy atom. The number of nitrogens with zero attached hydrogens (tertiary/aromatic N) is 1. The van der Waals surface area contributed by atoms with E-state index >= 15 is 0 Å². The van der Waals surface area contributed by atoms with E-state index in [4.69, 9.17) is 21.5 Å². The SMILES string of the molecule is CCCN(CCC)c1ccc(NS(=O)(=O)c2ccccc2Cl)cc1C(=O)O.O=C(O)C(F)(F)F. The number of halogens is 4. The molecule has 0 unspecified atom stereocenters. The van der Waals surface area contributed by atoms with E-state index in [0.29, 0.717) is 5.69 Å². The normalized spacial score (nSPS) is 11.2. The Labute approximate surface area is 200 Å². The predicted octanol–water partition coefficient (Wildman–Crippen LogP) is 5.10.